The molecule has 0 fully saturated rings. The summed E-state index contributed by atoms with van der Waals surface area (Å²) < 4.78 is 5.15. The first-order valence-corrected chi connectivity index (χ1v) is 6.41. The number of hydrogen-bond donors (Lipinski definition) is 1. The van der Waals surface area contributed by atoms with Crippen molar-refractivity contribution in [3.63, 3.8) is 0 Å². The van der Waals surface area contributed by atoms with Crippen LogP contribution in [-0.4, -0.2) is 30.6 Å². The first-order valence-electron chi connectivity index (χ1n) is 6.41. The highest BCUT2D eigenvalue weighted by Gasteiger charge is 2.03. The highest BCUT2D eigenvalue weighted by Crippen LogP contribution is 2.13. The molecule has 0 saturated heterocycles. The zero-order valence-electron chi connectivity index (χ0n) is 11.4. The number of hydrogen-bond acceptors (Lipinski definition) is 4. The van der Waals surface area contributed by atoms with Crippen LogP contribution in [0.1, 0.15) is 18.9 Å². The maximum atomic E-state index is 11.5. The average Bonchev–Trinajstić information content (AvgIpc) is 2.45. The van der Waals surface area contributed by atoms with Gasteiger partial charge in [-0.25, -0.2) is 0 Å². The predicted octanol–water partition coefficient (Wildman–Crippen LogP) is 2.15. The monoisotopic (exact) mass is 278 g/mol. The van der Waals surface area contributed by atoms with Crippen LogP contribution in [-0.2, 0) is 9.53 Å². The van der Waals surface area contributed by atoms with Crippen LogP contribution < -0.4 is 5.32 Å². The maximum absolute atomic E-state index is 11.5. The van der Waals surface area contributed by atoms with E-state index in [1.807, 2.05) is 6.92 Å². The van der Waals surface area contributed by atoms with Crippen LogP contribution >= 0.6 is 0 Å². The molecule has 1 N–H and O–H groups in total. The summed E-state index contributed by atoms with van der Waals surface area (Å²) in [5.41, 5.74) is 0.618. The number of nitro groups is 1. The Morgan fingerprint density at radius 3 is 3.00 bits per heavy atom. The van der Waals surface area contributed by atoms with Crippen LogP contribution in [0.25, 0.3) is 6.08 Å². The number of ether oxygens (including phenoxy) is 1. The van der Waals surface area contributed by atoms with Crippen molar-refractivity contribution in [1.29, 1.82) is 0 Å². The van der Waals surface area contributed by atoms with Crippen LogP contribution in [0.2, 0.25) is 0 Å². The molecule has 0 aliphatic carbocycles. The predicted molar refractivity (Wildman–Crippen MR) is 76.3 cm³/mol. The zero-order valence-corrected chi connectivity index (χ0v) is 11.4. The lowest BCUT2D eigenvalue weighted by Crippen LogP contribution is -2.23. The second-order valence-electron chi connectivity index (χ2n) is 4.03. The number of amides is 1. The molecule has 1 rings (SSSR count). The van der Waals surface area contributed by atoms with E-state index >= 15 is 0 Å². The van der Waals surface area contributed by atoms with Gasteiger partial charge < -0.3 is 10.1 Å². The number of nitrogens with one attached hydrogen (secondary N) is 1. The maximum Gasteiger partial charge on any atom is 0.270 e. The first-order chi connectivity index (χ1) is 9.63. The van der Waals surface area contributed by atoms with Gasteiger partial charge in [-0.3, -0.25) is 14.9 Å². The van der Waals surface area contributed by atoms with Gasteiger partial charge in [0, 0.05) is 38.0 Å². The molecular weight excluding hydrogens is 260 g/mol. The van der Waals surface area contributed by atoms with Crippen molar-refractivity contribution in [2.45, 2.75) is 13.3 Å². The van der Waals surface area contributed by atoms with Gasteiger partial charge in [0.15, 0.2) is 0 Å². The van der Waals surface area contributed by atoms with E-state index in [2.05, 4.69) is 5.32 Å². The molecule has 0 unspecified atom stereocenters. The van der Waals surface area contributed by atoms with Gasteiger partial charge in [-0.1, -0.05) is 12.1 Å². The molecule has 0 spiro atoms. The van der Waals surface area contributed by atoms with Crippen LogP contribution in [0.5, 0.6) is 0 Å². The second-order valence-corrected chi connectivity index (χ2v) is 4.03. The number of nitrogens with zero attached hydrogens (tertiary/aromatic N) is 1. The summed E-state index contributed by atoms with van der Waals surface area (Å²) in [5.74, 6) is -0.229. The molecule has 108 valence electrons. The third-order valence-corrected chi connectivity index (χ3v) is 2.48. The smallest absolute Gasteiger partial charge is 0.270 e. The summed E-state index contributed by atoms with van der Waals surface area (Å²) >= 11 is 0. The Labute approximate surface area is 117 Å². The quantitative estimate of drug-likeness (QED) is 0.342. The van der Waals surface area contributed by atoms with Crippen molar-refractivity contribution < 1.29 is 14.5 Å². The minimum atomic E-state index is -0.467. The van der Waals surface area contributed by atoms with Gasteiger partial charge in [-0.2, -0.15) is 0 Å². The molecule has 20 heavy (non-hydrogen) atoms. The molecule has 1 aromatic carbocycles. The minimum absolute atomic E-state index is 0.00396. The fraction of sp³-hybridized carbons (Fsp3) is 0.357. The Bertz CT molecular complexity index is 486. The van der Waals surface area contributed by atoms with Crippen molar-refractivity contribution in [2.24, 2.45) is 0 Å². The molecule has 0 atom stereocenters. The summed E-state index contributed by atoms with van der Waals surface area (Å²) in [7, 11) is 0. The van der Waals surface area contributed by atoms with E-state index in [1.54, 1.807) is 18.2 Å². The molecule has 0 heterocycles. The summed E-state index contributed by atoms with van der Waals surface area (Å²) in [6, 6.07) is 6.10. The van der Waals surface area contributed by atoms with Crippen molar-refractivity contribution in [1.82, 2.24) is 5.32 Å². The molecule has 1 aromatic rings. The van der Waals surface area contributed by atoms with E-state index in [1.165, 1.54) is 18.2 Å². The van der Waals surface area contributed by atoms with Gasteiger partial charge in [0.1, 0.15) is 0 Å². The van der Waals surface area contributed by atoms with Crippen LogP contribution in [0.3, 0.4) is 0 Å². The minimum Gasteiger partial charge on any atom is -0.382 e. The molecule has 0 aromatic heterocycles. The van der Waals surface area contributed by atoms with Crippen molar-refractivity contribution >= 4 is 17.7 Å². The summed E-state index contributed by atoms with van der Waals surface area (Å²) in [6.45, 7) is 3.74. The Balaban J connectivity index is 2.41. The van der Waals surface area contributed by atoms with E-state index < -0.39 is 4.92 Å². The van der Waals surface area contributed by atoms with Crippen LogP contribution in [0.4, 0.5) is 5.69 Å². The summed E-state index contributed by atoms with van der Waals surface area (Å²) in [5, 5.41) is 13.3. The number of benzene rings is 1. The molecule has 0 bridgehead atoms. The average molecular weight is 278 g/mol. The Kier molecular flexibility index (Phi) is 6.99. The van der Waals surface area contributed by atoms with Crippen molar-refractivity contribution in [3.05, 3.63) is 46.0 Å². The van der Waals surface area contributed by atoms with Gasteiger partial charge >= 0.3 is 0 Å². The Morgan fingerprint density at radius 1 is 1.50 bits per heavy atom. The van der Waals surface area contributed by atoms with Gasteiger partial charge in [0.25, 0.3) is 5.69 Å². The van der Waals surface area contributed by atoms with E-state index in [0.717, 1.165) is 6.42 Å². The zero-order chi connectivity index (χ0) is 14.8. The number of non-ortho nitro benzene ring substituents is 1. The highest BCUT2D eigenvalue weighted by atomic mass is 16.6. The number of rotatable bonds is 8. The van der Waals surface area contributed by atoms with E-state index in [0.29, 0.717) is 25.3 Å². The largest absolute Gasteiger partial charge is 0.382 e. The number of nitro benzene ring substituents is 1. The van der Waals surface area contributed by atoms with Crippen molar-refractivity contribution in [2.75, 3.05) is 19.8 Å². The Morgan fingerprint density at radius 2 is 2.30 bits per heavy atom. The van der Waals surface area contributed by atoms with Gasteiger partial charge in [0.2, 0.25) is 5.91 Å². The first kappa shape index (κ1) is 15.8. The molecule has 0 aliphatic heterocycles. The third kappa shape index (κ3) is 6.10. The molecule has 6 nitrogen and oxygen atoms in total. The number of carbonyl (C=O) groups excluding carboxylic acids is 1. The molecule has 0 radical (unpaired) electrons. The lowest BCUT2D eigenvalue weighted by molar-refractivity contribution is -0.384. The van der Waals surface area contributed by atoms with Crippen molar-refractivity contribution in [3.8, 4) is 0 Å². The van der Waals surface area contributed by atoms with E-state index in [9.17, 15) is 14.9 Å². The fourth-order valence-corrected chi connectivity index (χ4v) is 1.50. The topological polar surface area (TPSA) is 81.5 Å². The SMILES string of the molecule is CCOCCCNC(=O)/C=C/c1cccc([N+](=O)[O-])c1. The molecule has 0 aliphatic rings. The van der Waals surface area contributed by atoms with Crippen LogP contribution in [0, 0.1) is 10.1 Å². The van der Waals surface area contributed by atoms with E-state index in [4.69, 9.17) is 4.74 Å². The molecule has 6 heteroatoms. The molecule has 0 saturated carbocycles. The standard InChI is InChI=1S/C14H18N2O4/c1-2-20-10-4-9-15-14(17)8-7-12-5-3-6-13(11-12)16(18)19/h3,5-8,11H,2,4,9-10H2,1H3,(H,15,17)/b8-7+. The lowest BCUT2D eigenvalue weighted by atomic mass is 10.2. The van der Waals surface area contributed by atoms with Gasteiger partial charge in [0.05, 0.1) is 4.92 Å². The summed E-state index contributed by atoms with van der Waals surface area (Å²) in [4.78, 5) is 21.6. The highest BCUT2D eigenvalue weighted by molar-refractivity contribution is 5.91. The third-order valence-electron chi connectivity index (χ3n) is 2.48. The van der Waals surface area contributed by atoms with Gasteiger partial charge in [-0.15, -0.1) is 0 Å². The second kappa shape index (κ2) is 8.82. The molecular formula is C14H18N2O4. The van der Waals surface area contributed by atoms with Crippen LogP contribution in [0.15, 0.2) is 30.3 Å². The fourth-order valence-electron chi connectivity index (χ4n) is 1.50. The normalized spacial score (nSPS) is 10.7. The number of carbonyl (C=O) groups is 1. The van der Waals surface area contributed by atoms with Gasteiger partial charge in [-0.05, 0) is 25.0 Å². The Hall–Kier alpha value is -2.21. The molecule has 1 amide bonds. The lowest BCUT2D eigenvalue weighted by Gasteiger charge is -2.02. The van der Waals surface area contributed by atoms with E-state index in [-0.39, 0.29) is 11.6 Å². The summed E-state index contributed by atoms with van der Waals surface area (Å²) in [6.07, 6.45) is 3.66.